The van der Waals surface area contributed by atoms with Crippen molar-refractivity contribution in [2.75, 3.05) is 0 Å². The van der Waals surface area contributed by atoms with Crippen LogP contribution >= 0.6 is 0 Å². The molecule has 0 N–H and O–H groups in total. The number of rotatable bonds is 7. The maximum atomic E-state index is 13.2. The zero-order chi connectivity index (χ0) is 22.6. The number of hydrogen-bond donors (Lipinski definition) is 0. The maximum absolute atomic E-state index is 13.2. The number of epoxide rings is 1. The van der Waals surface area contributed by atoms with E-state index in [0.717, 1.165) is 5.57 Å². The molecule has 1 aliphatic heterocycles. The Balaban J connectivity index is 2.27. The highest BCUT2D eigenvalue weighted by Crippen LogP contribution is 2.49. The van der Waals surface area contributed by atoms with Crippen molar-refractivity contribution in [3.05, 3.63) is 12.2 Å². The molecule has 2 fully saturated rings. The molecule has 0 spiro atoms. The first-order valence-corrected chi connectivity index (χ1v) is 16.9. The van der Waals surface area contributed by atoms with E-state index in [1.807, 2.05) is 6.92 Å². The molecule has 0 aromatic heterocycles. The quantitative estimate of drug-likeness (QED) is 0.273. The van der Waals surface area contributed by atoms with E-state index in [9.17, 15) is 4.79 Å². The van der Waals surface area contributed by atoms with Crippen molar-refractivity contribution in [3.8, 4) is 0 Å². The van der Waals surface area contributed by atoms with Gasteiger partial charge in [-0.05, 0) is 49.6 Å². The van der Waals surface area contributed by atoms with Crippen molar-refractivity contribution >= 4 is 22.4 Å². The summed E-state index contributed by atoms with van der Waals surface area (Å²) in [6, 6.07) is 0. The lowest BCUT2D eigenvalue weighted by molar-refractivity contribution is -0.127. The van der Waals surface area contributed by atoms with E-state index in [-0.39, 0.29) is 46.2 Å². The van der Waals surface area contributed by atoms with Crippen LogP contribution in [0.15, 0.2) is 12.2 Å². The Morgan fingerprint density at radius 2 is 1.45 bits per heavy atom. The van der Waals surface area contributed by atoms with Crippen molar-refractivity contribution in [2.24, 2.45) is 5.92 Å². The Labute approximate surface area is 181 Å². The van der Waals surface area contributed by atoms with Crippen molar-refractivity contribution in [2.45, 2.75) is 122 Å². The Hall–Kier alpha value is -0.276. The van der Waals surface area contributed by atoms with Gasteiger partial charge in [0.2, 0.25) is 0 Å². The van der Waals surface area contributed by atoms with Crippen LogP contribution in [0.1, 0.15) is 61.3 Å². The van der Waals surface area contributed by atoms with Crippen LogP contribution < -0.4 is 0 Å². The third kappa shape index (κ3) is 5.51. The van der Waals surface area contributed by atoms with Gasteiger partial charge in [0.1, 0.15) is 18.0 Å². The molecule has 168 valence electrons. The van der Waals surface area contributed by atoms with Gasteiger partial charge >= 0.3 is 0 Å². The molecular formula is C23H44O4Si2. The second-order valence-corrected chi connectivity index (χ2v) is 21.8. The molecule has 0 bridgehead atoms. The largest absolute Gasteiger partial charge is 0.411 e. The van der Waals surface area contributed by atoms with Crippen LogP contribution in [0.5, 0.6) is 0 Å². The SMILES string of the molecule is C=C(C)CC(=O)[C@H]1C[C@H](O[Si](C)(C)C(C)(C)C)[C@H]2O[C@H]2[C@@H]1O[Si](C)(C)C(C)(C)C. The summed E-state index contributed by atoms with van der Waals surface area (Å²) in [7, 11) is -3.96. The first kappa shape index (κ1) is 25.0. The summed E-state index contributed by atoms with van der Waals surface area (Å²) in [4.78, 5) is 13.2. The molecule has 0 unspecified atom stereocenters. The lowest BCUT2D eigenvalue weighted by atomic mass is 9.80. The van der Waals surface area contributed by atoms with Crippen molar-refractivity contribution < 1.29 is 18.4 Å². The van der Waals surface area contributed by atoms with E-state index in [2.05, 4.69) is 74.3 Å². The minimum Gasteiger partial charge on any atom is -0.411 e. The van der Waals surface area contributed by atoms with Crippen LogP contribution in [0.3, 0.4) is 0 Å². The van der Waals surface area contributed by atoms with Gasteiger partial charge in [-0.15, -0.1) is 0 Å². The molecule has 2 rings (SSSR count). The lowest BCUT2D eigenvalue weighted by Gasteiger charge is -2.44. The van der Waals surface area contributed by atoms with Crippen molar-refractivity contribution in [3.63, 3.8) is 0 Å². The van der Waals surface area contributed by atoms with Crippen LogP contribution in [0.4, 0.5) is 0 Å². The maximum Gasteiger partial charge on any atom is 0.192 e. The zero-order valence-corrected chi connectivity index (χ0v) is 22.6. The van der Waals surface area contributed by atoms with Gasteiger partial charge in [0.15, 0.2) is 16.6 Å². The van der Waals surface area contributed by atoms with Crippen LogP contribution in [0, 0.1) is 5.92 Å². The highest BCUT2D eigenvalue weighted by Gasteiger charge is 2.61. The monoisotopic (exact) mass is 440 g/mol. The second kappa shape index (κ2) is 8.01. The van der Waals surface area contributed by atoms with Crippen LogP contribution in [0.25, 0.3) is 0 Å². The molecule has 5 atom stereocenters. The van der Waals surface area contributed by atoms with E-state index < -0.39 is 16.6 Å². The van der Waals surface area contributed by atoms with E-state index in [1.165, 1.54) is 0 Å². The molecule has 0 aromatic rings. The van der Waals surface area contributed by atoms with E-state index in [4.69, 9.17) is 13.6 Å². The van der Waals surface area contributed by atoms with Gasteiger partial charge in [-0.1, -0.05) is 53.7 Å². The van der Waals surface area contributed by atoms with Gasteiger partial charge in [-0.25, -0.2) is 0 Å². The number of ether oxygens (including phenoxy) is 1. The summed E-state index contributed by atoms with van der Waals surface area (Å²) in [6.45, 7) is 28.4. The molecule has 0 radical (unpaired) electrons. The van der Waals surface area contributed by atoms with Gasteiger partial charge in [-0.2, -0.15) is 0 Å². The van der Waals surface area contributed by atoms with Crippen LogP contribution in [-0.2, 0) is 18.4 Å². The molecule has 1 aliphatic carbocycles. The average Bonchev–Trinajstić information content (AvgIpc) is 3.26. The summed E-state index contributed by atoms with van der Waals surface area (Å²) >= 11 is 0. The molecule has 2 aliphatic rings. The first-order chi connectivity index (χ1) is 12.9. The fourth-order valence-electron chi connectivity index (χ4n) is 3.53. The molecule has 0 aromatic carbocycles. The molecule has 1 saturated carbocycles. The Kier molecular flexibility index (Phi) is 6.90. The van der Waals surface area contributed by atoms with Gasteiger partial charge in [-0.3, -0.25) is 4.79 Å². The predicted octanol–water partition coefficient (Wildman–Crippen LogP) is 6.09. The summed E-state index contributed by atoms with van der Waals surface area (Å²) in [6.07, 6.45) is 0.969. The van der Waals surface area contributed by atoms with Gasteiger partial charge < -0.3 is 13.6 Å². The highest BCUT2D eigenvalue weighted by atomic mass is 28.4. The fraction of sp³-hybridized carbons (Fsp3) is 0.870. The van der Waals surface area contributed by atoms with Gasteiger partial charge in [0, 0.05) is 12.3 Å². The number of Topliss-reactive ketones (excluding diaryl/α,β-unsaturated/α-hetero) is 1. The van der Waals surface area contributed by atoms with E-state index in [0.29, 0.717) is 12.8 Å². The minimum atomic E-state index is -2.02. The number of fused-ring (bicyclic) bond motifs is 1. The molecule has 1 heterocycles. The molecule has 0 amide bonds. The van der Waals surface area contributed by atoms with E-state index >= 15 is 0 Å². The smallest absolute Gasteiger partial charge is 0.192 e. The number of allylic oxidation sites excluding steroid dienone is 1. The minimum absolute atomic E-state index is 0.0146. The molecule has 29 heavy (non-hydrogen) atoms. The third-order valence-corrected chi connectivity index (χ3v) is 16.5. The average molecular weight is 441 g/mol. The standard InChI is InChI=1S/C23H44O4Si2/c1-15(2)13-17(24)16-14-18(26-28(9,10)22(3,4)5)20-21(25-20)19(16)27-29(11,12)23(6,7)8/h16,18-21H,1,13-14H2,2-12H3/t16-,18+,19-,20-,21+/m1/s1. The predicted molar refractivity (Wildman–Crippen MR) is 125 cm³/mol. The summed E-state index contributed by atoms with van der Waals surface area (Å²) in [5.41, 5.74) is 0.904. The van der Waals surface area contributed by atoms with Crippen LogP contribution in [-0.4, -0.2) is 46.8 Å². The second-order valence-electron chi connectivity index (χ2n) is 12.3. The number of carbonyl (C=O) groups excluding carboxylic acids is 1. The van der Waals surface area contributed by atoms with Crippen molar-refractivity contribution in [1.82, 2.24) is 0 Å². The normalized spacial score (nSPS) is 30.7. The third-order valence-electron chi connectivity index (χ3n) is 7.51. The van der Waals surface area contributed by atoms with Crippen LogP contribution in [0.2, 0.25) is 36.3 Å². The molecule has 6 heteroatoms. The summed E-state index contributed by atoms with van der Waals surface area (Å²) in [5, 5.41) is 0.219. The number of ketones is 1. The summed E-state index contributed by atoms with van der Waals surface area (Å²) < 4.78 is 19.6. The van der Waals surface area contributed by atoms with Crippen molar-refractivity contribution in [1.29, 1.82) is 0 Å². The van der Waals surface area contributed by atoms with Gasteiger partial charge in [0.25, 0.3) is 0 Å². The molecular weight excluding hydrogens is 396 g/mol. The molecule has 4 nitrogen and oxygen atoms in total. The Bertz CT molecular complexity index is 642. The van der Waals surface area contributed by atoms with E-state index in [1.54, 1.807) is 0 Å². The Morgan fingerprint density at radius 3 is 1.90 bits per heavy atom. The highest BCUT2D eigenvalue weighted by molar-refractivity contribution is 6.74. The lowest BCUT2D eigenvalue weighted by Crippen LogP contribution is -2.54. The topological polar surface area (TPSA) is 48.1 Å². The number of carbonyl (C=O) groups is 1. The first-order valence-electron chi connectivity index (χ1n) is 11.1. The molecule has 1 saturated heterocycles. The number of hydrogen-bond acceptors (Lipinski definition) is 4. The zero-order valence-electron chi connectivity index (χ0n) is 20.6. The summed E-state index contributed by atoms with van der Waals surface area (Å²) in [5.74, 6) is 0.0401. The Morgan fingerprint density at radius 1 is 0.966 bits per heavy atom. The van der Waals surface area contributed by atoms with Gasteiger partial charge in [0.05, 0.1) is 12.2 Å². The fourth-order valence-corrected chi connectivity index (χ4v) is 6.20.